The first-order valence-corrected chi connectivity index (χ1v) is 12.2. The molecule has 0 radical (unpaired) electrons. The van der Waals surface area contributed by atoms with Gasteiger partial charge in [0.15, 0.2) is 11.5 Å². The highest BCUT2D eigenvalue weighted by Crippen LogP contribution is 2.48. The average Bonchev–Trinajstić information content (AvgIpc) is 3.53. The van der Waals surface area contributed by atoms with E-state index in [1.54, 1.807) is 20.5 Å². The Morgan fingerprint density at radius 2 is 1.97 bits per heavy atom. The number of aromatic amines is 1. The van der Waals surface area contributed by atoms with Crippen molar-refractivity contribution in [2.75, 3.05) is 40.4 Å². The molecule has 2 aromatic heterocycles. The summed E-state index contributed by atoms with van der Waals surface area (Å²) in [7, 11) is 3.35. The summed E-state index contributed by atoms with van der Waals surface area (Å²) in [5.74, 6) is 1.33. The SMILES string of the molecule is COc1cc2c(c(C(C)N3CCNCC3)nn2Cc2cnc[nH]2)c(-c2cccc(Cl)c2C)c1OC. The van der Waals surface area contributed by atoms with Crippen LogP contribution in [0, 0.1) is 6.92 Å². The Morgan fingerprint density at radius 3 is 2.66 bits per heavy atom. The van der Waals surface area contributed by atoms with E-state index in [0.29, 0.717) is 23.1 Å². The highest BCUT2D eigenvalue weighted by Gasteiger charge is 2.29. The Kier molecular flexibility index (Phi) is 6.69. The minimum absolute atomic E-state index is 0.110. The maximum absolute atomic E-state index is 6.59. The van der Waals surface area contributed by atoms with Crippen LogP contribution >= 0.6 is 11.6 Å². The number of halogens is 1. The topological polar surface area (TPSA) is 80.2 Å². The molecule has 0 bridgehead atoms. The highest BCUT2D eigenvalue weighted by molar-refractivity contribution is 6.31. The van der Waals surface area contributed by atoms with Gasteiger partial charge in [0.1, 0.15) is 0 Å². The van der Waals surface area contributed by atoms with Gasteiger partial charge in [-0.3, -0.25) is 9.58 Å². The summed E-state index contributed by atoms with van der Waals surface area (Å²) in [6.45, 7) is 8.71. The van der Waals surface area contributed by atoms with Crippen molar-refractivity contribution in [3.63, 3.8) is 0 Å². The monoisotopic (exact) mass is 494 g/mol. The van der Waals surface area contributed by atoms with Crippen molar-refractivity contribution in [2.24, 2.45) is 0 Å². The lowest BCUT2D eigenvalue weighted by molar-refractivity contribution is 0.183. The van der Waals surface area contributed by atoms with E-state index in [4.69, 9.17) is 26.2 Å². The number of benzene rings is 2. The van der Waals surface area contributed by atoms with Crippen LogP contribution in [0.3, 0.4) is 0 Å². The molecule has 0 spiro atoms. The van der Waals surface area contributed by atoms with E-state index in [0.717, 1.165) is 65.2 Å². The second-order valence-electron chi connectivity index (χ2n) is 8.88. The Labute approximate surface area is 210 Å². The van der Waals surface area contributed by atoms with E-state index in [1.807, 2.05) is 36.0 Å². The molecular weight excluding hydrogens is 464 g/mol. The molecule has 1 aliphatic heterocycles. The fraction of sp³-hybridized carbons (Fsp3) is 0.385. The Balaban J connectivity index is 1.83. The van der Waals surface area contributed by atoms with E-state index >= 15 is 0 Å². The van der Waals surface area contributed by atoms with Crippen LogP contribution in [-0.2, 0) is 6.54 Å². The second-order valence-corrected chi connectivity index (χ2v) is 9.28. The molecule has 1 saturated heterocycles. The van der Waals surface area contributed by atoms with Crippen molar-refractivity contribution in [1.29, 1.82) is 0 Å². The number of nitrogens with zero attached hydrogens (tertiary/aromatic N) is 4. The molecule has 2 N–H and O–H groups in total. The van der Waals surface area contributed by atoms with Crippen LogP contribution in [-0.4, -0.2) is 65.0 Å². The van der Waals surface area contributed by atoms with Crippen LogP contribution in [0.5, 0.6) is 11.5 Å². The van der Waals surface area contributed by atoms with Crippen LogP contribution in [0.15, 0.2) is 36.8 Å². The summed E-state index contributed by atoms with van der Waals surface area (Å²) in [5, 5.41) is 10.4. The number of hydrogen-bond acceptors (Lipinski definition) is 6. The fourth-order valence-corrected chi connectivity index (χ4v) is 5.18. The van der Waals surface area contributed by atoms with Gasteiger partial charge in [0.05, 0.1) is 50.0 Å². The summed E-state index contributed by atoms with van der Waals surface area (Å²) >= 11 is 6.59. The van der Waals surface area contributed by atoms with E-state index in [2.05, 4.69) is 33.2 Å². The average molecular weight is 495 g/mol. The number of fused-ring (bicyclic) bond motifs is 1. The number of methoxy groups -OCH3 is 2. The Morgan fingerprint density at radius 1 is 1.17 bits per heavy atom. The molecular formula is C26H31ClN6O2. The minimum atomic E-state index is 0.110. The molecule has 0 amide bonds. The first kappa shape index (κ1) is 23.7. The lowest BCUT2D eigenvalue weighted by atomic mass is 9.93. The van der Waals surface area contributed by atoms with Crippen LogP contribution in [0.4, 0.5) is 0 Å². The maximum atomic E-state index is 6.59. The van der Waals surface area contributed by atoms with Gasteiger partial charge in [-0.2, -0.15) is 5.10 Å². The molecule has 4 aromatic rings. The third kappa shape index (κ3) is 4.26. The Bertz CT molecular complexity index is 1330. The molecule has 35 heavy (non-hydrogen) atoms. The van der Waals surface area contributed by atoms with E-state index < -0.39 is 0 Å². The van der Waals surface area contributed by atoms with Crippen molar-refractivity contribution in [3.05, 3.63) is 58.8 Å². The molecule has 0 aliphatic carbocycles. The summed E-state index contributed by atoms with van der Waals surface area (Å²) in [5.41, 5.74) is 5.92. The zero-order valence-electron chi connectivity index (χ0n) is 20.6. The number of piperazine rings is 1. The number of imidazole rings is 1. The van der Waals surface area contributed by atoms with Gasteiger partial charge in [0.2, 0.25) is 0 Å². The predicted octanol–water partition coefficient (Wildman–Crippen LogP) is 4.42. The molecule has 1 unspecified atom stereocenters. The first-order valence-electron chi connectivity index (χ1n) is 11.9. The smallest absolute Gasteiger partial charge is 0.169 e. The van der Waals surface area contributed by atoms with Crippen molar-refractivity contribution < 1.29 is 9.47 Å². The van der Waals surface area contributed by atoms with Crippen LogP contribution in [0.1, 0.15) is 29.9 Å². The van der Waals surface area contributed by atoms with Crippen LogP contribution < -0.4 is 14.8 Å². The number of rotatable bonds is 7. The van der Waals surface area contributed by atoms with Crippen molar-refractivity contribution in [3.8, 4) is 22.6 Å². The number of hydrogen-bond donors (Lipinski definition) is 2. The van der Waals surface area contributed by atoms with Gasteiger partial charge >= 0.3 is 0 Å². The molecule has 2 aromatic carbocycles. The van der Waals surface area contributed by atoms with Gasteiger partial charge in [0, 0.05) is 54.4 Å². The third-order valence-corrected chi connectivity index (χ3v) is 7.33. The lowest BCUT2D eigenvalue weighted by Gasteiger charge is -2.32. The summed E-state index contributed by atoms with van der Waals surface area (Å²) in [6, 6.07) is 8.11. The Hall–Kier alpha value is -3.07. The molecule has 8 nitrogen and oxygen atoms in total. The number of aromatic nitrogens is 4. The number of nitrogens with one attached hydrogen (secondary N) is 2. The van der Waals surface area contributed by atoms with Crippen molar-refractivity contribution in [2.45, 2.75) is 26.4 Å². The second kappa shape index (κ2) is 9.89. The molecule has 0 saturated carbocycles. The van der Waals surface area contributed by atoms with E-state index in [1.165, 1.54) is 0 Å². The van der Waals surface area contributed by atoms with Crippen molar-refractivity contribution in [1.82, 2.24) is 30.0 Å². The standard InChI is InChI=1S/C26H31ClN6O2/c1-16-19(6-5-7-20(16)27)23-24-21(12-22(34-3)26(23)35-4)33(14-18-13-29-15-30-18)31-25(24)17(2)32-10-8-28-9-11-32/h5-7,12-13,15,17,28H,8-11,14H2,1-4H3,(H,29,30). The predicted molar refractivity (Wildman–Crippen MR) is 139 cm³/mol. The lowest BCUT2D eigenvalue weighted by Crippen LogP contribution is -2.44. The van der Waals surface area contributed by atoms with Gasteiger partial charge in [-0.05, 0) is 31.0 Å². The van der Waals surface area contributed by atoms with Gasteiger partial charge in [-0.25, -0.2) is 4.98 Å². The zero-order chi connectivity index (χ0) is 24.5. The van der Waals surface area contributed by atoms with Gasteiger partial charge in [-0.15, -0.1) is 0 Å². The van der Waals surface area contributed by atoms with Crippen LogP contribution in [0.2, 0.25) is 5.02 Å². The van der Waals surface area contributed by atoms with Crippen LogP contribution in [0.25, 0.3) is 22.0 Å². The molecule has 1 atom stereocenters. The molecule has 1 fully saturated rings. The summed E-state index contributed by atoms with van der Waals surface area (Å²) < 4.78 is 13.8. The highest BCUT2D eigenvalue weighted by atomic mass is 35.5. The van der Waals surface area contributed by atoms with E-state index in [9.17, 15) is 0 Å². The van der Waals surface area contributed by atoms with E-state index in [-0.39, 0.29) is 6.04 Å². The molecule has 9 heteroatoms. The summed E-state index contributed by atoms with van der Waals surface area (Å²) in [6.07, 6.45) is 3.52. The molecule has 1 aliphatic rings. The summed E-state index contributed by atoms with van der Waals surface area (Å²) in [4.78, 5) is 9.87. The largest absolute Gasteiger partial charge is 0.493 e. The molecule has 184 valence electrons. The van der Waals surface area contributed by atoms with Gasteiger partial charge in [-0.1, -0.05) is 23.7 Å². The normalized spacial score (nSPS) is 15.5. The van der Waals surface area contributed by atoms with Crippen molar-refractivity contribution >= 4 is 22.5 Å². The minimum Gasteiger partial charge on any atom is -0.493 e. The number of H-pyrrole nitrogens is 1. The molecule has 5 rings (SSSR count). The third-order valence-electron chi connectivity index (χ3n) is 6.92. The number of ether oxygens (including phenoxy) is 2. The molecule has 3 heterocycles. The fourth-order valence-electron chi connectivity index (χ4n) is 5.00. The quantitative estimate of drug-likeness (QED) is 0.396. The van der Waals surface area contributed by atoms with Gasteiger partial charge < -0.3 is 19.8 Å². The van der Waals surface area contributed by atoms with Gasteiger partial charge in [0.25, 0.3) is 0 Å². The first-order chi connectivity index (χ1) is 17.0. The zero-order valence-corrected chi connectivity index (χ0v) is 21.3. The maximum Gasteiger partial charge on any atom is 0.169 e.